The lowest BCUT2D eigenvalue weighted by Gasteiger charge is -2.35. The molecule has 0 aliphatic heterocycles. The van der Waals surface area contributed by atoms with Gasteiger partial charge in [-0.05, 0) is 46.2 Å². The van der Waals surface area contributed by atoms with E-state index in [0.717, 1.165) is 18.4 Å². The molecule has 0 atom stereocenters. The topological polar surface area (TPSA) is 49.4 Å². The third kappa shape index (κ3) is 9.07. The summed E-state index contributed by atoms with van der Waals surface area (Å²) >= 11 is 0. The molecule has 2 amide bonds. The number of amides is 2. The number of nitrogens with zero attached hydrogens (tertiary/aromatic N) is 1. The number of carbonyl (C=O) groups is 2. The first-order valence-electron chi connectivity index (χ1n) is 10.5. The fraction of sp³-hybridized carbons (Fsp3) is 0.652. The van der Waals surface area contributed by atoms with Crippen LogP contribution in [0.5, 0.6) is 0 Å². The first-order valence-corrected chi connectivity index (χ1v) is 10.5. The molecular weight excluding hydrogens is 336 g/mol. The molecule has 0 radical (unpaired) electrons. The fourth-order valence-electron chi connectivity index (χ4n) is 3.08. The van der Waals surface area contributed by atoms with Crippen molar-refractivity contribution in [2.24, 2.45) is 0 Å². The van der Waals surface area contributed by atoms with Gasteiger partial charge in [-0.2, -0.15) is 0 Å². The van der Waals surface area contributed by atoms with Crippen molar-refractivity contribution in [1.82, 2.24) is 10.4 Å². The highest BCUT2D eigenvalue weighted by Crippen LogP contribution is 2.16. The van der Waals surface area contributed by atoms with E-state index >= 15 is 0 Å². The van der Waals surface area contributed by atoms with Gasteiger partial charge in [0, 0.05) is 12.0 Å². The first-order chi connectivity index (χ1) is 12.8. The number of hydrazine groups is 1. The van der Waals surface area contributed by atoms with E-state index in [-0.39, 0.29) is 11.8 Å². The molecule has 4 nitrogen and oxygen atoms in total. The van der Waals surface area contributed by atoms with Gasteiger partial charge in [-0.25, -0.2) is 5.01 Å². The summed E-state index contributed by atoms with van der Waals surface area (Å²) in [7, 11) is 0. The van der Waals surface area contributed by atoms with Gasteiger partial charge in [0.1, 0.15) is 0 Å². The van der Waals surface area contributed by atoms with E-state index in [0.29, 0.717) is 12.0 Å². The highest BCUT2D eigenvalue weighted by molar-refractivity contribution is 5.95. The Labute approximate surface area is 165 Å². The van der Waals surface area contributed by atoms with Crippen LogP contribution in [-0.2, 0) is 4.79 Å². The van der Waals surface area contributed by atoms with Crippen molar-refractivity contribution in [3.05, 3.63) is 35.4 Å². The van der Waals surface area contributed by atoms with E-state index in [2.05, 4.69) is 12.3 Å². The standard InChI is InChI=1S/C23H38N2O2/c1-6-7-8-9-10-11-12-13-17-21(26)25(23(3,4)5)24-22(27)20-16-14-15-19(2)18-20/h14-16,18H,6-13,17H2,1-5H3,(H,24,27). The van der Waals surface area contributed by atoms with Crippen LogP contribution in [0.1, 0.15) is 101 Å². The molecule has 152 valence electrons. The summed E-state index contributed by atoms with van der Waals surface area (Å²) in [5.41, 5.74) is 3.96. The molecule has 0 spiro atoms. The summed E-state index contributed by atoms with van der Waals surface area (Å²) in [4.78, 5) is 25.3. The minimum atomic E-state index is -0.462. The SMILES string of the molecule is CCCCCCCCCCC(=O)N(NC(=O)c1cccc(C)c1)C(C)(C)C. The number of benzene rings is 1. The maximum absolute atomic E-state index is 12.7. The van der Waals surface area contributed by atoms with Crippen LogP contribution < -0.4 is 5.43 Å². The Bertz CT molecular complexity index is 590. The molecule has 0 unspecified atom stereocenters. The Morgan fingerprint density at radius 3 is 2.11 bits per heavy atom. The van der Waals surface area contributed by atoms with Gasteiger partial charge < -0.3 is 0 Å². The largest absolute Gasteiger partial charge is 0.273 e. The summed E-state index contributed by atoms with van der Waals surface area (Å²) in [6, 6.07) is 7.41. The number of hydrogen-bond donors (Lipinski definition) is 1. The molecule has 1 rings (SSSR count). The number of hydrogen-bond acceptors (Lipinski definition) is 2. The fourth-order valence-corrected chi connectivity index (χ4v) is 3.08. The molecule has 4 heteroatoms. The molecule has 0 fully saturated rings. The van der Waals surface area contributed by atoms with Crippen molar-refractivity contribution >= 4 is 11.8 Å². The van der Waals surface area contributed by atoms with Crippen molar-refractivity contribution in [1.29, 1.82) is 0 Å². The molecule has 0 aromatic heterocycles. The highest BCUT2D eigenvalue weighted by Gasteiger charge is 2.28. The van der Waals surface area contributed by atoms with Gasteiger partial charge in [0.2, 0.25) is 5.91 Å². The average Bonchev–Trinajstić information content (AvgIpc) is 2.60. The predicted octanol–water partition coefficient (Wildman–Crippen LogP) is 5.80. The summed E-state index contributed by atoms with van der Waals surface area (Å²) in [6.45, 7) is 10.00. The molecule has 27 heavy (non-hydrogen) atoms. The first kappa shape index (κ1) is 23.2. The number of aryl methyl sites for hydroxylation is 1. The van der Waals surface area contributed by atoms with Crippen LogP contribution >= 0.6 is 0 Å². The molecule has 0 aliphatic carbocycles. The van der Waals surface area contributed by atoms with E-state index in [1.807, 2.05) is 45.9 Å². The van der Waals surface area contributed by atoms with Gasteiger partial charge >= 0.3 is 0 Å². The van der Waals surface area contributed by atoms with E-state index in [1.165, 1.54) is 43.5 Å². The second kappa shape index (κ2) is 11.8. The minimum Gasteiger partial charge on any atom is -0.273 e. The number of carbonyl (C=O) groups excluding carboxylic acids is 2. The lowest BCUT2D eigenvalue weighted by atomic mass is 10.0. The molecule has 0 saturated heterocycles. The van der Waals surface area contributed by atoms with E-state index < -0.39 is 5.54 Å². The van der Waals surface area contributed by atoms with E-state index in [4.69, 9.17) is 0 Å². The van der Waals surface area contributed by atoms with Gasteiger partial charge in [-0.1, -0.05) is 69.6 Å². The quantitative estimate of drug-likeness (QED) is 0.416. The summed E-state index contributed by atoms with van der Waals surface area (Å²) in [5, 5.41) is 1.50. The second-order valence-corrected chi connectivity index (χ2v) is 8.44. The lowest BCUT2D eigenvalue weighted by molar-refractivity contribution is -0.139. The molecule has 1 aromatic carbocycles. The minimum absolute atomic E-state index is 0.0190. The molecule has 1 aromatic rings. The average molecular weight is 375 g/mol. The van der Waals surface area contributed by atoms with E-state index in [1.54, 1.807) is 6.07 Å². The van der Waals surface area contributed by atoms with Gasteiger partial charge in [0.25, 0.3) is 5.91 Å². The molecule has 1 N–H and O–H groups in total. The van der Waals surface area contributed by atoms with Crippen molar-refractivity contribution in [2.45, 2.75) is 97.9 Å². The Hall–Kier alpha value is -1.84. The van der Waals surface area contributed by atoms with Gasteiger partial charge in [-0.3, -0.25) is 15.0 Å². The number of nitrogens with one attached hydrogen (secondary N) is 1. The monoisotopic (exact) mass is 374 g/mol. The third-order valence-electron chi connectivity index (χ3n) is 4.66. The maximum atomic E-state index is 12.7. The van der Waals surface area contributed by atoms with Crippen LogP contribution in [-0.4, -0.2) is 22.4 Å². The summed E-state index contributed by atoms with van der Waals surface area (Å²) < 4.78 is 0. The molecular formula is C23H38N2O2. The van der Waals surface area contributed by atoms with Crippen LogP contribution in [0, 0.1) is 6.92 Å². The normalized spacial score (nSPS) is 11.3. The number of unbranched alkanes of at least 4 members (excludes halogenated alkanes) is 7. The maximum Gasteiger partial charge on any atom is 0.269 e. The van der Waals surface area contributed by atoms with Crippen LogP contribution in [0.25, 0.3) is 0 Å². The predicted molar refractivity (Wildman–Crippen MR) is 112 cm³/mol. The Morgan fingerprint density at radius 2 is 1.56 bits per heavy atom. The lowest BCUT2D eigenvalue weighted by Crippen LogP contribution is -2.55. The third-order valence-corrected chi connectivity index (χ3v) is 4.66. The smallest absolute Gasteiger partial charge is 0.269 e. The van der Waals surface area contributed by atoms with Crippen LogP contribution in [0.4, 0.5) is 0 Å². The molecule has 0 heterocycles. The molecule has 0 saturated carbocycles. The van der Waals surface area contributed by atoms with Crippen molar-refractivity contribution < 1.29 is 9.59 Å². The summed E-state index contributed by atoms with van der Waals surface area (Å²) in [5.74, 6) is -0.257. The van der Waals surface area contributed by atoms with Crippen molar-refractivity contribution in [3.63, 3.8) is 0 Å². The van der Waals surface area contributed by atoms with Crippen molar-refractivity contribution in [3.8, 4) is 0 Å². The summed E-state index contributed by atoms with van der Waals surface area (Å²) in [6.07, 6.45) is 10.1. The Kier molecular flexibility index (Phi) is 10.1. The van der Waals surface area contributed by atoms with Gasteiger partial charge in [0.15, 0.2) is 0 Å². The van der Waals surface area contributed by atoms with Crippen LogP contribution in [0.3, 0.4) is 0 Å². The zero-order valence-corrected chi connectivity index (χ0v) is 17.9. The number of rotatable bonds is 10. The highest BCUT2D eigenvalue weighted by atomic mass is 16.2. The van der Waals surface area contributed by atoms with Crippen molar-refractivity contribution in [2.75, 3.05) is 0 Å². The Morgan fingerprint density at radius 1 is 0.963 bits per heavy atom. The van der Waals surface area contributed by atoms with Gasteiger partial charge in [0.05, 0.1) is 5.54 Å². The van der Waals surface area contributed by atoms with E-state index in [9.17, 15) is 9.59 Å². The molecule has 0 aliphatic rings. The zero-order valence-electron chi connectivity index (χ0n) is 17.9. The van der Waals surface area contributed by atoms with Crippen LogP contribution in [0.2, 0.25) is 0 Å². The van der Waals surface area contributed by atoms with Crippen LogP contribution in [0.15, 0.2) is 24.3 Å². The Balaban J connectivity index is 2.49. The van der Waals surface area contributed by atoms with Gasteiger partial charge in [-0.15, -0.1) is 0 Å². The molecule has 0 bridgehead atoms. The second-order valence-electron chi connectivity index (χ2n) is 8.44. The zero-order chi connectivity index (χ0) is 20.3.